The van der Waals surface area contributed by atoms with E-state index in [9.17, 15) is 4.79 Å². The molecule has 1 aliphatic heterocycles. The number of pyridine rings is 1. The highest BCUT2D eigenvalue weighted by atomic mass is 35.5. The van der Waals surface area contributed by atoms with Crippen molar-refractivity contribution in [3.8, 4) is 5.75 Å². The molecule has 26 heavy (non-hydrogen) atoms. The first-order chi connectivity index (χ1) is 12.6. The van der Waals surface area contributed by atoms with Gasteiger partial charge in [0.2, 0.25) is 0 Å². The van der Waals surface area contributed by atoms with Gasteiger partial charge in [0.1, 0.15) is 11.6 Å². The van der Waals surface area contributed by atoms with Gasteiger partial charge >= 0.3 is 0 Å². The first-order valence-corrected chi connectivity index (χ1v) is 9.37. The number of anilines is 2. The Morgan fingerprint density at radius 1 is 1.35 bits per heavy atom. The minimum atomic E-state index is 0.0657. The van der Waals surface area contributed by atoms with Crippen molar-refractivity contribution in [2.45, 2.75) is 38.6 Å². The Kier molecular flexibility index (Phi) is 5.99. The fraction of sp³-hybridized carbons (Fsp3) is 0.400. The number of halogens is 1. The second kappa shape index (κ2) is 8.41. The number of amides is 1. The van der Waals surface area contributed by atoms with E-state index in [1.165, 1.54) is 6.42 Å². The maximum atomic E-state index is 12.8. The zero-order valence-electron chi connectivity index (χ0n) is 15.2. The lowest BCUT2D eigenvalue weighted by atomic mass is 9.99. The van der Waals surface area contributed by atoms with E-state index < -0.39 is 0 Å². The van der Waals surface area contributed by atoms with Crippen molar-refractivity contribution in [1.29, 1.82) is 0 Å². The molecule has 6 heteroatoms. The Morgan fingerprint density at radius 2 is 2.19 bits per heavy atom. The van der Waals surface area contributed by atoms with Gasteiger partial charge in [0.05, 0.1) is 18.4 Å². The van der Waals surface area contributed by atoms with Crippen LogP contribution in [0, 0.1) is 0 Å². The Labute approximate surface area is 159 Å². The van der Waals surface area contributed by atoms with E-state index >= 15 is 0 Å². The van der Waals surface area contributed by atoms with Crippen molar-refractivity contribution >= 4 is 29.0 Å². The highest BCUT2D eigenvalue weighted by Gasteiger charge is 2.26. The van der Waals surface area contributed by atoms with Crippen LogP contribution >= 0.6 is 11.6 Å². The predicted molar refractivity (Wildman–Crippen MR) is 104 cm³/mol. The van der Waals surface area contributed by atoms with Crippen LogP contribution in [0.3, 0.4) is 0 Å². The summed E-state index contributed by atoms with van der Waals surface area (Å²) in [7, 11) is 1.60. The molecule has 1 aromatic carbocycles. The summed E-state index contributed by atoms with van der Waals surface area (Å²) in [4.78, 5) is 19.2. The number of methoxy groups -OCH3 is 1. The van der Waals surface area contributed by atoms with Crippen LogP contribution in [0.25, 0.3) is 0 Å². The van der Waals surface area contributed by atoms with Gasteiger partial charge in [0, 0.05) is 23.8 Å². The molecule has 2 heterocycles. The number of hydrogen-bond acceptors (Lipinski definition) is 4. The zero-order valence-corrected chi connectivity index (χ0v) is 15.9. The number of likely N-dealkylation sites (tertiary alicyclic amines) is 1. The number of carbonyl (C=O) groups excluding carboxylic acids is 1. The lowest BCUT2D eigenvalue weighted by Crippen LogP contribution is -2.43. The third-order valence-electron chi connectivity index (χ3n) is 4.79. The van der Waals surface area contributed by atoms with Crippen molar-refractivity contribution < 1.29 is 9.53 Å². The van der Waals surface area contributed by atoms with Gasteiger partial charge in [-0.3, -0.25) is 4.79 Å². The molecule has 1 aromatic heterocycles. The average molecular weight is 374 g/mol. The molecule has 0 saturated carbocycles. The van der Waals surface area contributed by atoms with E-state index in [0.717, 1.165) is 31.5 Å². The van der Waals surface area contributed by atoms with Gasteiger partial charge in [-0.2, -0.15) is 0 Å². The van der Waals surface area contributed by atoms with Gasteiger partial charge in [0.15, 0.2) is 0 Å². The van der Waals surface area contributed by atoms with Crippen LogP contribution in [0.5, 0.6) is 5.75 Å². The van der Waals surface area contributed by atoms with Gasteiger partial charge in [-0.25, -0.2) is 4.98 Å². The molecule has 0 bridgehead atoms. The van der Waals surface area contributed by atoms with Gasteiger partial charge in [-0.15, -0.1) is 0 Å². The summed E-state index contributed by atoms with van der Waals surface area (Å²) in [5.41, 5.74) is 1.35. The predicted octanol–water partition coefficient (Wildman–Crippen LogP) is 4.89. The SMILES string of the molecule is CCC1CCCCN1C(=O)c1ccc(Nc2cc(Cl)ccc2OC)nc1. The van der Waals surface area contributed by atoms with E-state index in [2.05, 4.69) is 17.2 Å². The minimum Gasteiger partial charge on any atom is -0.495 e. The summed E-state index contributed by atoms with van der Waals surface area (Å²) in [6.45, 7) is 2.97. The lowest BCUT2D eigenvalue weighted by molar-refractivity contribution is 0.0607. The van der Waals surface area contributed by atoms with Gasteiger partial charge in [0.25, 0.3) is 5.91 Å². The smallest absolute Gasteiger partial charge is 0.255 e. The molecule has 5 nitrogen and oxygen atoms in total. The summed E-state index contributed by atoms with van der Waals surface area (Å²) < 4.78 is 5.33. The maximum Gasteiger partial charge on any atom is 0.255 e. The molecule has 1 fully saturated rings. The van der Waals surface area contributed by atoms with E-state index in [-0.39, 0.29) is 5.91 Å². The van der Waals surface area contributed by atoms with Crippen LogP contribution in [0.15, 0.2) is 36.5 Å². The summed E-state index contributed by atoms with van der Waals surface area (Å²) in [6.07, 6.45) is 5.98. The van der Waals surface area contributed by atoms with Crippen molar-refractivity contribution in [3.63, 3.8) is 0 Å². The fourth-order valence-electron chi connectivity index (χ4n) is 3.37. The summed E-state index contributed by atoms with van der Waals surface area (Å²) >= 11 is 6.05. The lowest BCUT2D eigenvalue weighted by Gasteiger charge is -2.35. The van der Waals surface area contributed by atoms with Gasteiger partial charge in [-0.05, 0) is 56.0 Å². The number of ether oxygens (including phenoxy) is 1. The van der Waals surface area contributed by atoms with Crippen LogP contribution in [0.4, 0.5) is 11.5 Å². The third kappa shape index (κ3) is 4.10. The quantitative estimate of drug-likeness (QED) is 0.810. The molecule has 138 valence electrons. The summed E-state index contributed by atoms with van der Waals surface area (Å²) in [6, 6.07) is 9.30. The van der Waals surface area contributed by atoms with Crippen molar-refractivity contribution in [2.75, 3.05) is 19.0 Å². The standard InChI is InChI=1S/C20H24ClN3O2/c1-3-16-6-4-5-11-24(16)20(25)14-7-10-19(22-13-14)23-17-12-15(21)8-9-18(17)26-2/h7-10,12-13,16H,3-6,11H2,1-2H3,(H,22,23). The molecule has 2 aromatic rings. The molecule has 1 atom stereocenters. The van der Waals surface area contributed by atoms with Crippen molar-refractivity contribution in [2.24, 2.45) is 0 Å². The topological polar surface area (TPSA) is 54.5 Å². The van der Waals surface area contributed by atoms with Crippen molar-refractivity contribution in [1.82, 2.24) is 9.88 Å². The molecular weight excluding hydrogens is 350 g/mol. The van der Waals surface area contributed by atoms with Crippen molar-refractivity contribution in [3.05, 3.63) is 47.1 Å². The molecule has 1 amide bonds. The number of piperidine rings is 1. The summed E-state index contributed by atoms with van der Waals surface area (Å²) in [5, 5.41) is 3.79. The molecule has 1 saturated heterocycles. The van der Waals surface area contributed by atoms with Gasteiger partial charge in [-0.1, -0.05) is 18.5 Å². The molecule has 1 N–H and O–H groups in total. The Balaban J connectivity index is 1.74. The van der Waals surface area contributed by atoms with Crippen LogP contribution in [0.2, 0.25) is 5.02 Å². The molecule has 0 aliphatic carbocycles. The van der Waals surface area contributed by atoms with E-state index in [0.29, 0.717) is 28.2 Å². The number of benzene rings is 1. The Bertz CT molecular complexity index is 764. The average Bonchev–Trinajstić information content (AvgIpc) is 2.68. The van der Waals surface area contributed by atoms with Gasteiger partial charge < -0.3 is 15.0 Å². The second-order valence-corrected chi connectivity index (χ2v) is 6.89. The molecule has 1 aliphatic rings. The fourth-order valence-corrected chi connectivity index (χ4v) is 3.54. The van der Waals surface area contributed by atoms with E-state index in [1.54, 1.807) is 37.6 Å². The molecule has 0 spiro atoms. The second-order valence-electron chi connectivity index (χ2n) is 6.46. The number of aromatic nitrogens is 1. The van der Waals surface area contributed by atoms with Crippen LogP contribution in [-0.4, -0.2) is 35.5 Å². The Morgan fingerprint density at radius 3 is 2.88 bits per heavy atom. The largest absolute Gasteiger partial charge is 0.495 e. The highest BCUT2D eigenvalue weighted by molar-refractivity contribution is 6.31. The number of carbonyl (C=O) groups is 1. The number of nitrogens with zero attached hydrogens (tertiary/aromatic N) is 2. The normalized spacial score (nSPS) is 17.0. The maximum absolute atomic E-state index is 12.8. The number of hydrogen-bond donors (Lipinski definition) is 1. The molecule has 1 unspecified atom stereocenters. The molecule has 3 rings (SSSR count). The van der Waals surface area contributed by atoms with Crippen LogP contribution in [-0.2, 0) is 0 Å². The minimum absolute atomic E-state index is 0.0657. The number of rotatable bonds is 5. The molecule has 0 radical (unpaired) electrons. The molecular formula is C20H24ClN3O2. The summed E-state index contributed by atoms with van der Waals surface area (Å²) in [5.74, 6) is 1.37. The highest BCUT2D eigenvalue weighted by Crippen LogP contribution is 2.30. The monoisotopic (exact) mass is 373 g/mol. The Hall–Kier alpha value is -2.27. The number of nitrogens with one attached hydrogen (secondary N) is 1. The first-order valence-electron chi connectivity index (χ1n) is 9.00. The first kappa shape index (κ1) is 18.5. The zero-order chi connectivity index (χ0) is 18.5. The van der Waals surface area contributed by atoms with E-state index in [1.807, 2.05) is 11.0 Å². The van der Waals surface area contributed by atoms with Crippen LogP contribution < -0.4 is 10.1 Å². The van der Waals surface area contributed by atoms with E-state index in [4.69, 9.17) is 16.3 Å². The third-order valence-corrected chi connectivity index (χ3v) is 5.03. The van der Waals surface area contributed by atoms with Crippen LogP contribution in [0.1, 0.15) is 43.0 Å².